The molecule has 1 aromatic carbocycles. The number of rotatable bonds is 3. The van der Waals surface area contributed by atoms with E-state index in [1.54, 1.807) is 0 Å². The summed E-state index contributed by atoms with van der Waals surface area (Å²) in [6.45, 7) is 2.28. The summed E-state index contributed by atoms with van der Waals surface area (Å²) in [4.78, 5) is 0. The molecule has 1 aliphatic rings. The fourth-order valence-corrected chi connectivity index (χ4v) is 3.27. The van der Waals surface area contributed by atoms with E-state index in [1.165, 1.54) is 55.0 Å². The van der Waals surface area contributed by atoms with Crippen LogP contribution in [0.5, 0.6) is 0 Å². The van der Waals surface area contributed by atoms with Crippen LogP contribution in [0.15, 0.2) is 28.7 Å². The summed E-state index contributed by atoms with van der Waals surface area (Å²) in [6, 6.07) is 9.81. The van der Waals surface area contributed by atoms with Crippen LogP contribution in [0.3, 0.4) is 0 Å². The smallest absolute Gasteiger partial charge is 0.0294 e. The lowest BCUT2D eigenvalue weighted by Gasteiger charge is -2.25. The minimum Gasteiger partial charge on any atom is -0.307 e. The molecule has 0 unspecified atom stereocenters. The highest BCUT2D eigenvalue weighted by molar-refractivity contribution is 9.10. The van der Waals surface area contributed by atoms with Gasteiger partial charge in [0.2, 0.25) is 0 Å². The van der Waals surface area contributed by atoms with Gasteiger partial charge in [-0.25, -0.2) is 0 Å². The molecule has 1 nitrogen and oxygen atoms in total. The van der Waals surface area contributed by atoms with Crippen molar-refractivity contribution in [2.75, 3.05) is 0 Å². The molecule has 1 aliphatic carbocycles. The van der Waals surface area contributed by atoms with E-state index in [0.717, 1.165) is 0 Å². The van der Waals surface area contributed by atoms with Gasteiger partial charge in [0.1, 0.15) is 0 Å². The summed E-state index contributed by atoms with van der Waals surface area (Å²) < 4.78 is 1.17. The van der Waals surface area contributed by atoms with Crippen LogP contribution in [0, 0.1) is 0 Å². The molecule has 18 heavy (non-hydrogen) atoms. The van der Waals surface area contributed by atoms with Gasteiger partial charge in [0, 0.05) is 16.6 Å². The van der Waals surface area contributed by atoms with Crippen LogP contribution >= 0.6 is 15.9 Å². The highest BCUT2D eigenvalue weighted by Crippen LogP contribution is 2.22. The van der Waals surface area contributed by atoms with Crippen LogP contribution in [0.2, 0.25) is 0 Å². The molecule has 0 saturated heterocycles. The van der Waals surface area contributed by atoms with Crippen molar-refractivity contribution in [3.8, 4) is 0 Å². The maximum atomic E-state index is 3.81. The third-order valence-electron chi connectivity index (χ3n) is 3.94. The zero-order chi connectivity index (χ0) is 12.8. The molecule has 100 valence electrons. The Morgan fingerprint density at radius 2 is 1.78 bits per heavy atom. The lowest BCUT2D eigenvalue weighted by Crippen LogP contribution is -2.32. The average Bonchev–Trinajstić information content (AvgIpc) is 2.32. The number of nitrogens with one attached hydrogen (secondary N) is 1. The first-order valence-electron chi connectivity index (χ1n) is 7.27. The summed E-state index contributed by atoms with van der Waals surface area (Å²) in [6.07, 6.45) is 9.75. The summed E-state index contributed by atoms with van der Waals surface area (Å²) in [5.41, 5.74) is 1.38. The minimum atomic E-state index is 0.451. The van der Waals surface area contributed by atoms with Gasteiger partial charge in [-0.2, -0.15) is 0 Å². The van der Waals surface area contributed by atoms with Gasteiger partial charge in [-0.3, -0.25) is 0 Å². The Bertz CT molecular complexity index is 356. The Hall–Kier alpha value is -0.340. The van der Waals surface area contributed by atoms with Gasteiger partial charge in [0.15, 0.2) is 0 Å². The predicted molar refractivity (Wildman–Crippen MR) is 81.8 cm³/mol. The molecule has 2 rings (SSSR count). The van der Waals surface area contributed by atoms with Crippen molar-refractivity contribution in [2.24, 2.45) is 0 Å². The molecule has 0 spiro atoms. The van der Waals surface area contributed by atoms with Crippen molar-refractivity contribution in [3.63, 3.8) is 0 Å². The van der Waals surface area contributed by atoms with Crippen LogP contribution in [0.1, 0.15) is 63.5 Å². The standard InChI is InChI=1S/C16H24BrN/c1-13(14-8-7-9-15(17)12-14)18-16-10-5-3-2-4-6-11-16/h7-9,12-13,16,18H,2-6,10-11H2,1H3/t13-/m1/s1. The molecule has 0 bridgehead atoms. The van der Waals surface area contributed by atoms with Crippen LogP contribution in [-0.4, -0.2) is 6.04 Å². The van der Waals surface area contributed by atoms with Crippen molar-refractivity contribution in [3.05, 3.63) is 34.3 Å². The third-order valence-corrected chi connectivity index (χ3v) is 4.43. The molecular formula is C16H24BrN. The van der Waals surface area contributed by atoms with E-state index >= 15 is 0 Å². The Labute approximate surface area is 119 Å². The molecule has 1 saturated carbocycles. The van der Waals surface area contributed by atoms with Crippen molar-refractivity contribution in [2.45, 2.75) is 64.0 Å². The van der Waals surface area contributed by atoms with E-state index in [2.05, 4.69) is 52.4 Å². The highest BCUT2D eigenvalue weighted by atomic mass is 79.9. The molecule has 0 radical (unpaired) electrons. The van der Waals surface area contributed by atoms with Gasteiger partial charge in [-0.1, -0.05) is 60.2 Å². The van der Waals surface area contributed by atoms with Crippen molar-refractivity contribution < 1.29 is 0 Å². The molecule has 1 fully saturated rings. The Morgan fingerprint density at radius 1 is 1.11 bits per heavy atom. The van der Waals surface area contributed by atoms with Gasteiger partial charge in [0.05, 0.1) is 0 Å². The van der Waals surface area contributed by atoms with E-state index in [0.29, 0.717) is 12.1 Å². The first-order chi connectivity index (χ1) is 8.75. The second-order valence-corrected chi connectivity index (χ2v) is 6.40. The average molecular weight is 310 g/mol. The Kier molecular flexibility index (Phi) is 5.71. The molecule has 0 aliphatic heterocycles. The SMILES string of the molecule is C[C@@H](NC1CCCCCCC1)c1cccc(Br)c1. The monoisotopic (exact) mass is 309 g/mol. The number of hydrogen-bond donors (Lipinski definition) is 1. The molecular weight excluding hydrogens is 286 g/mol. The molecule has 2 heteroatoms. The molecule has 0 heterocycles. The van der Waals surface area contributed by atoms with E-state index in [9.17, 15) is 0 Å². The highest BCUT2D eigenvalue weighted by Gasteiger charge is 2.14. The lowest BCUT2D eigenvalue weighted by atomic mass is 9.95. The van der Waals surface area contributed by atoms with Crippen molar-refractivity contribution >= 4 is 15.9 Å². The first-order valence-corrected chi connectivity index (χ1v) is 8.06. The molecule has 0 aromatic heterocycles. The summed E-state index contributed by atoms with van der Waals surface area (Å²) in [5, 5.41) is 3.81. The molecule has 0 amide bonds. The summed E-state index contributed by atoms with van der Waals surface area (Å²) in [7, 11) is 0. The number of benzene rings is 1. The van der Waals surface area contributed by atoms with Crippen molar-refractivity contribution in [1.82, 2.24) is 5.32 Å². The minimum absolute atomic E-state index is 0.451. The van der Waals surface area contributed by atoms with E-state index in [1.807, 2.05) is 0 Å². The van der Waals surface area contributed by atoms with E-state index in [4.69, 9.17) is 0 Å². The second-order valence-electron chi connectivity index (χ2n) is 5.49. The van der Waals surface area contributed by atoms with Gasteiger partial charge >= 0.3 is 0 Å². The zero-order valence-corrected chi connectivity index (χ0v) is 12.9. The summed E-state index contributed by atoms with van der Waals surface area (Å²) >= 11 is 3.55. The molecule has 1 aromatic rings. The zero-order valence-electron chi connectivity index (χ0n) is 11.3. The van der Waals surface area contributed by atoms with E-state index in [-0.39, 0.29) is 0 Å². The third kappa shape index (κ3) is 4.40. The van der Waals surface area contributed by atoms with Crippen molar-refractivity contribution in [1.29, 1.82) is 0 Å². The Balaban J connectivity index is 1.90. The maximum Gasteiger partial charge on any atom is 0.0294 e. The fraction of sp³-hybridized carbons (Fsp3) is 0.625. The number of hydrogen-bond acceptors (Lipinski definition) is 1. The molecule has 1 atom stereocenters. The fourth-order valence-electron chi connectivity index (χ4n) is 2.85. The largest absolute Gasteiger partial charge is 0.307 e. The van der Waals surface area contributed by atoms with Crippen LogP contribution in [-0.2, 0) is 0 Å². The second kappa shape index (κ2) is 7.30. The van der Waals surface area contributed by atoms with Gasteiger partial charge < -0.3 is 5.32 Å². The van der Waals surface area contributed by atoms with Crippen LogP contribution < -0.4 is 5.32 Å². The Morgan fingerprint density at radius 3 is 2.44 bits per heavy atom. The normalized spacial score (nSPS) is 20.1. The number of halogens is 1. The van der Waals surface area contributed by atoms with Gasteiger partial charge in [-0.15, -0.1) is 0 Å². The van der Waals surface area contributed by atoms with Gasteiger partial charge in [-0.05, 0) is 37.5 Å². The predicted octanol–water partition coefficient (Wildman–Crippen LogP) is 5.21. The lowest BCUT2D eigenvalue weighted by molar-refractivity contribution is 0.362. The summed E-state index contributed by atoms with van der Waals surface area (Å²) in [5.74, 6) is 0. The van der Waals surface area contributed by atoms with Gasteiger partial charge in [0.25, 0.3) is 0 Å². The molecule has 1 N–H and O–H groups in total. The van der Waals surface area contributed by atoms with Crippen LogP contribution in [0.25, 0.3) is 0 Å². The topological polar surface area (TPSA) is 12.0 Å². The first kappa shape index (κ1) is 14.1. The van der Waals surface area contributed by atoms with Crippen LogP contribution in [0.4, 0.5) is 0 Å². The quantitative estimate of drug-likeness (QED) is 0.808. The maximum absolute atomic E-state index is 3.81. The van der Waals surface area contributed by atoms with E-state index < -0.39 is 0 Å².